The van der Waals surface area contributed by atoms with Crippen molar-refractivity contribution in [2.45, 2.75) is 0 Å². The van der Waals surface area contributed by atoms with Crippen LogP contribution in [0.4, 0.5) is 16.8 Å². The molecular weight excluding hydrogens is 264 g/mol. The zero-order chi connectivity index (χ0) is 13.7. The third-order valence-electron chi connectivity index (χ3n) is 2.24. The Balaban J connectivity index is 2.27. The van der Waals surface area contributed by atoms with Crippen LogP contribution in [-0.2, 0) is 0 Å². The number of amides is 1. The van der Waals surface area contributed by atoms with Gasteiger partial charge in [0.1, 0.15) is 11.4 Å². The highest BCUT2D eigenvalue weighted by molar-refractivity contribution is 7.14. The highest BCUT2D eigenvalue weighted by atomic mass is 32.1. The Kier molecular flexibility index (Phi) is 4.26. The van der Waals surface area contributed by atoms with Gasteiger partial charge in [-0.2, -0.15) is 4.98 Å². The van der Waals surface area contributed by atoms with E-state index in [1.165, 1.54) is 17.5 Å². The first kappa shape index (κ1) is 13.2. The second-order valence-corrected chi connectivity index (χ2v) is 4.59. The number of nitrogens with one attached hydrogen (secondary N) is 2. The van der Waals surface area contributed by atoms with Gasteiger partial charge in [0.2, 0.25) is 5.95 Å². The maximum atomic E-state index is 11.3. The lowest BCUT2D eigenvalue weighted by Crippen LogP contribution is -2.18. The first-order chi connectivity index (χ1) is 9.20. The summed E-state index contributed by atoms with van der Waals surface area (Å²) in [6.07, 6.45) is 1.39. The van der Waals surface area contributed by atoms with E-state index in [1.54, 1.807) is 0 Å². The number of aromatic nitrogens is 2. The number of hydrogen-bond donors (Lipinski definition) is 4. The summed E-state index contributed by atoms with van der Waals surface area (Å²) in [5.41, 5.74) is 10.9. The van der Waals surface area contributed by atoms with Crippen LogP contribution in [-0.4, -0.2) is 29.0 Å². The van der Waals surface area contributed by atoms with Gasteiger partial charge in [0.15, 0.2) is 0 Å². The second kappa shape index (κ2) is 6.12. The summed E-state index contributed by atoms with van der Waals surface area (Å²) >= 11 is 1.50. The first-order valence-corrected chi connectivity index (χ1v) is 6.50. The Morgan fingerprint density at radius 3 is 2.95 bits per heavy atom. The molecule has 19 heavy (non-hydrogen) atoms. The quantitative estimate of drug-likeness (QED) is 0.619. The summed E-state index contributed by atoms with van der Waals surface area (Å²) < 4.78 is 0. The SMILES string of the molecule is NCCNc1ncc(C(N)=O)c(Nc2cccs2)n1. The van der Waals surface area contributed by atoms with Gasteiger partial charge in [0.25, 0.3) is 5.91 Å². The minimum absolute atomic E-state index is 0.242. The molecule has 0 aromatic carbocycles. The van der Waals surface area contributed by atoms with Gasteiger partial charge in [0, 0.05) is 19.3 Å². The average Bonchev–Trinajstić information content (AvgIpc) is 2.89. The van der Waals surface area contributed by atoms with Crippen LogP contribution in [0.5, 0.6) is 0 Å². The van der Waals surface area contributed by atoms with Crippen LogP contribution in [0.25, 0.3) is 0 Å². The second-order valence-electron chi connectivity index (χ2n) is 3.64. The summed E-state index contributed by atoms with van der Waals surface area (Å²) in [6, 6.07) is 3.77. The van der Waals surface area contributed by atoms with Crippen molar-refractivity contribution in [2.75, 3.05) is 23.7 Å². The van der Waals surface area contributed by atoms with Crippen molar-refractivity contribution in [3.8, 4) is 0 Å². The van der Waals surface area contributed by atoms with Gasteiger partial charge < -0.3 is 22.1 Å². The standard InChI is InChI=1S/C11H14N6OS/c12-3-4-14-11-15-6-7(9(13)18)10(17-11)16-8-2-1-5-19-8/h1-2,5-6H,3-4,12H2,(H2,13,18)(H2,14,15,16,17). The molecule has 0 bridgehead atoms. The van der Waals surface area contributed by atoms with E-state index in [-0.39, 0.29) is 5.56 Å². The van der Waals surface area contributed by atoms with E-state index in [2.05, 4.69) is 20.6 Å². The van der Waals surface area contributed by atoms with E-state index in [9.17, 15) is 4.79 Å². The molecule has 8 heteroatoms. The lowest BCUT2D eigenvalue weighted by molar-refractivity contribution is 0.100. The molecule has 0 spiro atoms. The molecule has 0 unspecified atom stereocenters. The van der Waals surface area contributed by atoms with Crippen molar-refractivity contribution < 1.29 is 4.79 Å². The van der Waals surface area contributed by atoms with E-state index in [4.69, 9.17) is 11.5 Å². The van der Waals surface area contributed by atoms with Crippen LogP contribution in [0, 0.1) is 0 Å². The molecule has 2 aromatic heterocycles. The highest BCUT2D eigenvalue weighted by Crippen LogP contribution is 2.23. The molecule has 2 heterocycles. The molecule has 100 valence electrons. The highest BCUT2D eigenvalue weighted by Gasteiger charge is 2.12. The molecule has 2 aromatic rings. The summed E-state index contributed by atoms with van der Waals surface area (Å²) in [5.74, 6) is 0.198. The summed E-state index contributed by atoms with van der Waals surface area (Å²) in [4.78, 5) is 19.6. The monoisotopic (exact) mass is 278 g/mol. The van der Waals surface area contributed by atoms with Crippen LogP contribution < -0.4 is 22.1 Å². The summed E-state index contributed by atoms with van der Waals surface area (Å²) in [7, 11) is 0. The smallest absolute Gasteiger partial charge is 0.254 e. The zero-order valence-corrected chi connectivity index (χ0v) is 10.9. The van der Waals surface area contributed by atoms with Crippen LogP contribution in [0.3, 0.4) is 0 Å². The van der Waals surface area contributed by atoms with Crippen LogP contribution >= 0.6 is 11.3 Å². The van der Waals surface area contributed by atoms with Crippen molar-refractivity contribution in [2.24, 2.45) is 11.5 Å². The van der Waals surface area contributed by atoms with Crippen LogP contribution in [0.2, 0.25) is 0 Å². The van der Waals surface area contributed by atoms with E-state index < -0.39 is 5.91 Å². The Hall–Kier alpha value is -2.19. The molecule has 0 radical (unpaired) electrons. The topological polar surface area (TPSA) is 119 Å². The number of carbonyl (C=O) groups is 1. The van der Waals surface area contributed by atoms with E-state index in [1.807, 2.05) is 17.5 Å². The van der Waals surface area contributed by atoms with Gasteiger partial charge in [-0.1, -0.05) is 0 Å². The molecular formula is C11H14N6OS. The molecule has 2 rings (SSSR count). The molecule has 0 atom stereocenters. The number of nitrogens with zero attached hydrogens (tertiary/aromatic N) is 2. The van der Waals surface area contributed by atoms with Crippen molar-refractivity contribution in [1.82, 2.24) is 9.97 Å². The predicted octanol–water partition coefficient (Wildman–Crippen LogP) is 0.751. The van der Waals surface area contributed by atoms with Crippen molar-refractivity contribution in [3.05, 3.63) is 29.3 Å². The van der Waals surface area contributed by atoms with Gasteiger partial charge >= 0.3 is 0 Å². The van der Waals surface area contributed by atoms with Gasteiger partial charge in [-0.15, -0.1) is 11.3 Å². The molecule has 1 amide bonds. The van der Waals surface area contributed by atoms with E-state index in [0.29, 0.717) is 24.9 Å². The maximum absolute atomic E-state index is 11.3. The van der Waals surface area contributed by atoms with Gasteiger partial charge in [-0.25, -0.2) is 4.98 Å². The number of primary amides is 1. The van der Waals surface area contributed by atoms with Crippen LogP contribution in [0.15, 0.2) is 23.7 Å². The van der Waals surface area contributed by atoms with E-state index >= 15 is 0 Å². The molecule has 0 aliphatic rings. The largest absolute Gasteiger partial charge is 0.365 e. The third-order valence-corrected chi connectivity index (χ3v) is 3.03. The minimum atomic E-state index is -0.579. The molecule has 6 N–H and O–H groups in total. The van der Waals surface area contributed by atoms with E-state index in [0.717, 1.165) is 5.00 Å². The Labute approximate surface area is 114 Å². The Bertz CT molecular complexity index is 556. The van der Waals surface area contributed by atoms with Gasteiger partial charge in [0.05, 0.1) is 5.00 Å². The summed E-state index contributed by atoms with van der Waals surface area (Å²) in [5, 5.41) is 8.77. The lowest BCUT2D eigenvalue weighted by atomic mass is 10.3. The third kappa shape index (κ3) is 3.39. The predicted molar refractivity (Wildman–Crippen MR) is 75.7 cm³/mol. The zero-order valence-electron chi connectivity index (χ0n) is 10.1. The Morgan fingerprint density at radius 2 is 2.32 bits per heavy atom. The molecule has 7 nitrogen and oxygen atoms in total. The van der Waals surface area contributed by atoms with Crippen molar-refractivity contribution in [1.29, 1.82) is 0 Å². The number of thiophene rings is 1. The van der Waals surface area contributed by atoms with Gasteiger partial charge in [-0.05, 0) is 17.5 Å². The number of hydrogen-bond acceptors (Lipinski definition) is 7. The fourth-order valence-electron chi connectivity index (χ4n) is 1.39. The molecule has 0 fully saturated rings. The number of anilines is 3. The lowest BCUT2D eigenvalue weighted by Gasteiger charge is -2.09. The number of rotatable bonds is 6. The molecule has 0 aliphatic heterocycles. The maximum Gasteiger partial charge on any atom is 0.254 e. The van der Waals surface area contributed by atoms with Crippen molar-refractivity contribution >= 4 is 34.0 Å². The number of nitrogens with two attached hydrogens (primary N) is 2. The van der Waals surface area contributed by atoms with Gasteiger partial charge in [-0.3, -0.25) is 4.79 Å². The number of carbonyl (C=O) groups excluding carboxylic acids is 1. The van der Waals surface area contributed by atoms with Crippen LogP contribution in [0.1, 0.15) is 10.4 Å². The fraction of sp³-hybridized carbons (Fsp3) is 0.182. The fourth-order valence-corrected chi connectivity index (χ4v) is 2.01. The summed E-state index contributed by atoms with van der Waals surface area (Å²) in [6.45, 7) is 1.02. The average molecular weight is 278 g/mol. The molecule has 0 aliphatic carbocycles. The Morgan fingerprint density at radius 1 is 1.47 bits per heavy atom. The van der Waals surface area contributed by atoms with Crippen molar-refractivity contribution in [3.63, 3.8) is 0 Å². The first-order valence-electron chi connectivity index (χ1n) is 5.62. The molecule has 0 saturated carbocycles. The normalized spacial score (nSPS) is 10.2. The minimum Gasteiger partial charge on any atom is -0.365 e. The molecule has 0 saturated heterocycles.